The van der Waals surface area contributed by atoms with Gasteiger partial charge in [-0.05, 0) is 31.9 Å². The standard InChI is InChI=1S/C16H20N4/c1-4-15(11-14-8-6-5-7-9-14)19-20-16-17-12(2)10-13(3)18-16/h5-10H,4,11H2,1-3H3,(H,17,18,20)/b19-15-. The Morgan fingerprint density at radius 3 is 2.35 bits per heavy atom. The largest absolute Gasteiger partial charge is 0.245 e. The molecule has 0 amide bonds. The van der Waals surface area contributed by atoms with E-state index in [0.717, 1.165) is 29.9 Å². The van der Waals surface area contributed by atoms with Crippen LogP contribution in [0.2, 0.25) is 0 Å². The molecule has 0 bridgehead atoms. The zero-order valence-electron chi connectivity index (χ0n) is 12.2. The smallest absolute Gasteiger partial charge is 0.243 e. The Morgan fingerprint density at radius 1 is 1.10 bits per heavy atom. The lowest BCUT2D eigenvalue weighted by Crippen LogP contribution is -2.07. The molecule has 2 aromatic rings. The van der Waals surface area contributed by atoms with Crippen LogP contribution in [0.5, 0.6) is 0 Å². The molecule has 1 aromatic heterocycles. The summed E-state index contributed by atoms with van der Waals surface area (Å²) in [5.41, 5.74) is 7.19. The van der Waals surface area contributed by atoms with E-state index in [1.807, 2.05) is 38.1 Å². The van der Waals surface area contributed by atoms with Crippen molar-refractivity contribution in [1.29, 1.82) is 0 Å². The van der Waals surface area contributed by atoms with E-state index in [2.05, 4.69) is 39.6 Å². The molecule has 4 heteroatoms. The number of rotatable bonds is 5. The van der Waals surface area contributed by atoms with Crippen molar-refractivity contribution in [1.82, 2.24) is 9.97 Å². The summed E-state index contributed by atoms with van der Waals surface area (Å²) in [6.45, 7) is 6.01. The first kappa shape index (κ1) is 14.2. The number of nitrogens with one attached hydrogen (secondary N) is 1. The van der Waals surface area contributed by atoms with Gasteiger partial charge < -0.3 is 0 Å². The minimum Gasteiger partial charge on any atom is -0.245 e. The third kappa shape index (κ3) is 4.16. The summed E-state index contributed by atoms with van der Waals surface area (Å²) in [4.78, 5) is 8.64. The third-order valence-corrected chi connectivity index (χ3v) is 2.96. The highest BCUT2D eigenvalue weighted by Crippen LogP contribution is 2.06. The number of anilines is 1. The number of benzene rings is 1. The van der Waals surface area contributed by atoms with Gasteiger partial charge >= 0.3 is 0 Å². The van der Waals surface area contributed by atoms with Gasteiger partial charge in [-0.1, -0.05) is 37.3 Å². The number of hydrazone groups is 1. The van der Waals surface area contributed by atoms with Crippen LogP contribution in [0, 0.1) is 13.8 Å². The van der Waals surface area contributed by atoms with Crippen LogP contribution < -0.4 is 5.43 Å². The SMILES string of the molecule is CC/C(Cc1ccccc1)=N/Nc1nc(C)cc(C)n1. The molecule has 2 rings (SSSR count). The van der Waals surface area contributed by atoms with Crippen LogP contribution in [0.15, 0.2) is 41.5 Å². The topological polar surface area (TPSA) is 50.2 Å². The Balaban J connectivity index is 2.07. The van der Waals surface area contributed by atoms with Crippen molar-refractivity contribution in [3.8, 4) is 0 Å². The number of hydrogen-bond acceptors (Lipinski definition) is 4. The summed E-state index contributed by atoms with van der Waals surface area (Å²) in [7, 11) is 0. The summed E-state index contributed by atoms with van der Waals surface area (Å²) in [5, 5.41) is 4.43. The molecule has 1 heterocycles. The highest BCUT2D eigenvalue weighted by atomic mass is 15.4. The van der Waals surface area contributed by atoms with E-state index in [4.69, 9.17) is 0 Å². The maximum Gasteiger partial charge on any atom is 0.243 e. The molecule has 104 valence electrons. The average molecular weight is 268 g/mol. The normalized spacial score (nSPS) is 11.4. The van der Waals surface area contributed by atoms with Gasteiger partial charge in [-0.25, -0.2) is 15.4 Å². The Bertz CT molecular complexity index is 570. The van der Waals surface area contributed by atoms with E-state index in [9.17, 15) is 0 Å². The van der Waals surface area contributed by atoms with E-state index in [1.54, 1.807) is 0 Å². The fraction of sp³-hybridized carbons (Fsp3) is 0.312. The van der Waals surface area contributed by atoms with Gasteiger partial charge in [-0.15, -0.1) is 0 Å². The lowest BCUT2D eigenvalue weighted by molar-refractivity contribution is 1.02. The van der Waals surface area contributed by atoms with Crippen LogP contribution in [0.1, 0.15) is 30.3 Å². The first-order valence-electron chi connectivity index (χ1n) is 6.85. The van der Waals surface area contributed by atoms with Gasteiger partial charge in [0, 0.05) is 23.5 Å². The summed E-state index contributed by atoms with van der Waals surface area (Å²) in [6, 6.07) is 12.3. The maximum absolute atomic E-state index is 4.43. The Morgan fingerprint density at radius 2 is 1.75 bits per heavy atom. The van der Waals surface area contributed by atoms with Crippen LogP contribution >= 0.6 is 0 Å². The Hall–Kier alpha value is -2.23. The van der Waals surface area contributed by atoms with Gasteiger partial charge in [0.1, 0.15) is 0 Å². The molecule has 0 spiro atoms. The van der Waals surface area contributed by atoms with Crippen molar-refractivity contribution in [2.24, 2.45) is 5.10 Å². The van der Waals surface area contributed by atoms with E-state index >= 15 is 0 Å². The molecule has 0 unspecified atom stereocenters. The molecular weight excluding hydrogens is 248 g/mol. The highest BCUT2D eigenvalue weighted by molar-refractivity contribution is 5.86. The van der Waals surface area contributed by atoms with E-state index < -0.39 is 0 Å². The molecule has 0 saturated heterocycles. The Kier molecular flexibility index (Phi) is 4.82. The monoisotopic (exact) mass is 268 g/mol. The molecule has 4 nitrogen and oxygen atoms in total. The quantitative estimate of drug-likeness (QED) is 0.667. The summed E-state index contributed by atoms with van der Waals surface area (Å²) in [5.74, 6) is 0.557. The zero-order chi connectivity index (χ0) is 14.4. The molecule has 0 radical (unpaired) electrons. The molecule has 20 heavy (non-hydrogen) atoms. The van der Waals surface area contributed by atoms with Gasteiger partial charge in [-0.3, -0.25) is 0 Å². The van der Waals surface area contributed by atoms with Crippen molar-refractivity contribution < 1.29 is 0 Å². The molecular formula is C16H20N4. The first-order valence-corrected chi connectivity index (χ1v) is 6.85. The number of nitrogens with zero attached hydrogens (tertiary/aromatic N) is 3. The van der Waals surface area contributed by atoms with Crippen molar-refractivity contribution >= 4 is 11.7 Å². The Labute approximate surface area is 120 Å². The van der Waals surface area contributed by atoms with Gasteiger partial charge in [0.25, 0.3) is 0 Å². The molecule has 0 atom stereocenters. The fourth-order valence-electron chi connectivity index (χ4n) is 1.98. The van der Waals surface area contributed by atoms with E-state index in [0.29, 0.717) is 5.95 Å². The van der Waals surface area contributed by atoms with Crippen LogP contribution in [-0.4, -0.2) is 15.7 Å². The summed E-state index contributed by atoms with van der Waals surface area (Å²) in [6.07, 6.45) is 1.74. The maximum atomic E-state index is 4.43. The lowest BCUT2D eigenvalue weighted by atomic mass is 10.1. The predicted molar refractivity (Wildman–Crippen MR) is 83.0 cm³/mol. The molecule has 1 aromatic carbocycles. The van der Waals surface area contributed by atoms with E-state index in [1.165, 1.54) is 5.56 Å². The summed E-state index contributed by atoms with van der Waals surface area (Å²) >= 11 is 0. The van der Waals surface area contributed by atoms with Crippen molar-refractivity contribution in [3.63, 3.8) is 0 Å². The fourth-order valence-corrected chi connectivity index (χ4v) is 1.98. The van der Waals surface area contributed by atoms with Crippen molar-refractivity contribution in [2.45, 2.75) is 33.6 Å². The average Bonchev–Trinajstić information content (AvgIpc) is 2.43. The molecule has 0 saturated carbocycles. The summed E-state index contributed by atoms with van der Waals surface area (Å²) < 4.78 is 0. The van der Waals surface area contributed by atoms with Crippen LogP contribution in [0.25, 0.3) is 0 Å². The van der Waals surface area contributed by atoms with Gasteiger partial charge in [0.05, 0.1) is 0 Å². The zero-order valence-corrected chi connectivity index (χ0v) is 12.2. The van der Waals surface area contributed by atoms with E-state index in [-0.39, 0.29) is 0 Å². The second-order valence-electron chi connectivity index (χ2n) is 4.78. The van der Waals surface area contributed by atoms with Gasteiger partial charge in [-0.2, -0.15) is 5.10 Å². The minimum absolute atomic E-state index is 0.557. The second kappa shape index (κ2) is 6.80. The number of aromatic nitrogens is 2. The van der Waals surface area contributed by atoms with Crippen LogP contribution in [-0.2, 0) is 6.42 Å². The highest BCUT2D eigenvalue weighted by Gasteiger charge is 2.01. The molecule has 1 N–H and O–H groups in total. The second-order valence-corrected chi connectivity index (χ2v) is 4.78. The molecule has 0 aliphatic rings. The molecule has 0 fully saturated rings. The van der Waals surface area contributed by atoms with Gasteiger partial charge in [0.2, 0.25) is 5.95 Å². The predicted octanol–water partition coefficient (Wildman–Crippen LogP) is 3.51. The minimum atomic E-state index is 0.557. The van der Waals surface area contributed by atoms with Crippen LogP contribution in [0.3, 0.4) is 0 Å². The van der Waals surface area contributed by atoms with Gasteiger partial charge in [0.15, 0.2) is 0 Å². The lowest BCUT2D eigenvalue weighted by Gasteiger charge is -2.06. The van der Waals surface area contributed by atoms with Crippen molar-refractivity contribution in [2.75, 3.05) is 5.43 Å². The number of aryl methyl sites for hydroxylation is 2. The molecule has 0 aliphatic carbocycles. The molecule has 0 aliphatic heterocycles. The number of hydrogen-bond donors (Lipinski definition) is 1. The van der Waals surface area contributed by atoms with Crippen molar-refractivity contribution in [3.05, 3.63) is 53.3 Å². The van der Waals surface area contributed by atoms with Crippen LogP contribution in [0.4, 0.5) is 5.95 Å². The first-order chi connectivity index (χ1) is 9.67. The third-order valence-electron chi connectivity index (χ3n) is 2.96.